The molecular formula is C17H32N2O. The SMILES string of the molecule is CC(C)C1CCCN(C(=O)CC2CCC(N)CC2)CC1. The Labute approximate surface area is 124 Å². The molecule has 1 aliphatic heterocycles. The predicted octanol–water partition coefficient (Wildman–Crippen LogP) is 3.18. The highest BCUT2D eigenvalue weighted by Crippen LogP contribution is 2.28. The smallest absolute Gasteiger partial charge is 0.222 e. The largest absolute Gasteiger partial charge is 0.343 e. The van der Waals surface area contributed by atoms with Gasteiger partial charge in [0.05, 0.1) is 0 Å². The molecule has 1 unspecified atom stereocenters. The molecule has 1 aliphatic carbocycles. The minimum Gasteiger partial charge on any atom is -0.343 e. The number of nitrogens with zero attached hydrogens (tertiary/aromatic N) is 1. The molecule has 0 aromatic rings. The van der Waals surface area contributed by atoms with Crippen LogP contribution in [0.5, 0.6) is 0 Å². The monoisotopic (exact) mass is 280 g/mol. The summed E-state index contributed by atoms with van der Waals surface area (Å²) in [5.41, 5.74) is 5.94. The van der Waals surface area contributed by atoms with Gasteiger partial charge in [0, 0.05) is 25.6 Å². The third kappa shape index (κ3) is 4.47. The van der Waals surface area contributed by atoms with Gasteiger partial charge in [-0.15, -0.1) is 0 Å². The molecule has 0 spiro atoms. The van der Waals surface area contributed by atoms with Crippen LogP contribution in [0.2, 0.25) is 0 Å². The van der Waals surface area contributed by atoms with Crippen molar-refractivity contribution in [1.29, 1.82) is 0 Å². The number of rotatable bonds is 3. The maximum atomic E-state index is 12.5. The van der Waals surface area contributed by atoms with Crippen LogP contribution in [0.3, 0.4) is 0 Å². The van der Waals surface area contributed by atoms with Crippen LogP contribution in [0.15, 0.2) is 0 Å². The van der Waals surface area contributed by atoms with Crippen molar-refractivity contribution in [3.8, 4) is 0 Å². The average molecular weight is 280 g/mol. The average Bonchev–Trinajstić information content (AvgIpc) is 2.67. The Hall–Kier alpha value is -0.570. The van der Waals surface area contributed by atoms with Crippen molar-refractivity contribution < 1.29 is 4.79 Å². The molecule has 116 valence electrons. The Morgan fingerprint density at radius 2 is 1.80 bits per heavy atom. The van der Waals surface area contributed by atoms with E-state index in [2.05, 4.69) is 18.7 Å². The van der Waals surface area contributed by atoms with E-state index >= 15 is 0 Å². The summed E-state index contributed by atoms with van der Waals surface area (Å²) in [5, 5.41) is 0. The first kappa shape index (κ1) is 15.8. The quantitative estimate of drug-likeness (QED) is 0.863. The fraction of sp³-hybridized carbons (Fsp3) is 0.941. The second-order valence-corrected chi connectivity index (χ2v) is 7.30. The molecule has 1 saturated carbocycles. The van der Waals surface area contributed by atoms with Crippen molar-refractivity contribution in [2.24, 2.45) is 23.5 Å². The molecule has 2 aliphatic rings. The van der Waals surface area contributed by atoms with Gasteiger partial charge >= 0.3 is 0 Å². The van der Waals surface area contributed by atoms with Gasteiger partial charge in [0.1, 0.15) is 0 Å². The van der Waals surface area contributed by atoms with E-state index in [1.54, 1.807) is 0 Å². The summed E-state index contributed by atoms with van der Waals surface area (Å²) in [5.74, 6) is 2.55. The fourth-order valence-electron chi connectivity index (χ4n) is 3.81. The first-order chi connectivity index (χ1) is 9.56. The minimum absolute atomic E-state index is 0.381. The number of likely N-dealkylation sites (tertiary alicyclic amines) is 1. The fourth-order valence-corrected chi connectivity index (χ4v) is 3.81. The Morgan fingerprint density at radius 1 is 1.10 bits per heavy atom. The van der Waals surface area contributed by atoms with Crippen LogP contribution in [-0.4, -0.2) is 29.9 Å². The molecule has 2 rings (SSSR count). The van der Waals surface area contributed by atoms with Gasteiger partial charge < -0.3 is 10.6 Å². The first-order valence-corrected chi connectivity index (χ1v) is 8.59. The van der Waals surface area contributed by atoms with E-state index in [1.165, 1.54) is 19.3 Å². The van der Waals surface area contributed by atoms with Gasteiger partial charge in [-0.3, -0.25) is 4.79 Å². The van der Waals surface area contributed by atoms with E-state index in [1.807, 2.05) is 0 Å². The summed E-state index contributed by atoms with van der Waals surface area (Å²) >= 11 is 0. The molecule has 0 bridgehead atoms. The molecule has 1 heterocycles. The molecule has 1 saturated heterocycles. The van der Waals surface area contributed by atoms with Gasteiger partial charge in [0.2, 0.25) is 5.91 Å². The standard InChI is InChI=1S/C17H32N2O/c1-13(2)15-4-3-10-19(11-9-15)17(20)12-14-5-7-16(18)8-6-14/h13-16H,3-12,18H2,1-2H3. The molecule has 0 aromatic heterocycles. The molecule has 2 fully saturated rings. The summed E-state index contributed by atoms with van der Waals surface area (Å²) < 4.78 is 0. The zero-order valence-corrected chi connectivity index (χ0v) is 13.3. The molecule has 0 aromatic carbocycles. The lowest BCUT2D eigenvalue weighted by Crippen LogP contribution is -2.35. The Kier molecular flexibility index (Phi) is 5.88. The molecule has 0 radical (unpaired) electrons. The van der Waals surface area contributed by atoms with Gasteiger partial charge in [-0.05, 0) is 62.7 Å². The molecule has 20 heavy (non-hydrogen) atoms. The summed E-state index contributed by atoms with van der Waals surface area (Å²) in [4.78, 5) is 14.6. The van der Waals surface area contributed by atoms with E-state index in [9.17, 15) is 4.79 Å². The number of carbonyl (C=O) groups excluding carboxylic acids is 1. The zero-order valence-electron chi connectivity index (χ0n) is 13.3. The number of nitrogens with two attached hydrogens (primary N) is 1. The van der Waals surface area contributed by atoms with Crippen LogP contribution < -0.4 is 5.73 Å². The first-order valence-electron chi connectivity index (χ1n) is 8.59. The molecule has 2 N–H and O–H groups in total. The van der Waals surface area contributed by atoms with Crippen molar-refractivity contribution in [2.45, 2.75) is 71.3 Å². The van der Waals surface area contributed by atoms with Crippen molar-refractivity contribution in [3.63, 3.8) is 0 Å². The number of amides is 1. The molecule has 1 atom stereocenters. The minimum atomic E-state index is 0.381. The summed E-state index contributed by atoms with van der Waals surface area (Å²) in [6.07, 6.45) is 8.94. The summed E-state index contributed by atoms with van der Waals surface area (Å²) in [6.45, 7) is 6.59. The van der Waals surface area contributed by atoms with Crippen LogP contribution in [0, 0.1) is 17.8 Å². The second-order valence-electron chi connectivity index (χ2n) is 7.30. The van der Waals surface area contributed by atoms with Crippen molar-refractivity contribution in [1.82, 2.24) is 4.90 Å². The number of hydrogen-bond donors (Lipinski definition) is 1. The zero-order chi connectivity index (χ0) is 14.5. The number of carbonyl (C=O) groups is 1. The maximum Gasteiger partial charge on any atom is 0.222 e. The van der Waals surface area contributed by atoms with E-state index < -0.39 is 0 Å². The summed E-state index contributed by atoms with van der Waals surface area (Å²) in [7, 11) is 0. The van der Waals surface area contributed by atoms with Crippen molar-refractivity contribution >= 4 is 5.91 Å². The Balaban J connectivity index is 1.77. The normalized spacial score (nSPS) is 32.2. The van der Waals surface area contributed by atoms with Crippen LogP contribution >= 0.6 is 0 Å². The Bertz CT molecular complexity index is 308. The van der Waals surface area contributed by atoms with E-state index in [4.69, 9.17) is 5.73 Å². The van der Waals surface area contributed by atoms with Crippen LogP contribution in [-0.2, 0) is 4.79 Å². The van der Waals surface area contributed by atoms with Crippen molar-refractivity contribution in [3.05, 3.63) is 0 Å². The Morgan fingerprint density at radius 3 is 2.45 bits per heavy atom. The van der Waals surface area contributed by atoms with Crippen molar-refractivity contribution in [2.75, 3.05) is 13.1 Å². The molecule has 1 amide bonds. The third-order valence-corrected chi connectivity index (χ3v) is 5.42. The lowest BCUT2D eigenvalue weighted by Gasteiger charge is -2.28. The molecule has 3 heteroatoms. The molecule has 3 nitrogen and oxygen atoms in total. The maximum absolute atomic E-state index is 12.5. The lowest BCUT2D eigenvalue weighted by molar-refractivity contribution is -0.132. The number of hydrogen-bond acceptors (Lipinski definition) is 2. The second kappa shape index (κ2) is 7.44. The van der Waals surface area contributed by atoms with Gasteiger partial charge in [-0.2, -0.15) is 0 Å². The van der Waals surface area contributed by atoms with Crippen LogP contribution in [0.4, 0.5) is 0 Å². The summed E-state index contributed by atoms with van der Waals surface area (Å²) in [6, 6.07) is 0.381. The van der Waals surface area contributed by atoms with E-state index in [0.29, 0.717) is 17.9 Å². The van der Waals surface area contributed by atoms with Gasteiger partial charge in [-0.1, -0.05) is 13.8 Å². The van der Waals surface area contributed by atoms with Gasteiger partial charge in [-0.25, -0.2) is 0 Å². The van der Waals surface area contributed by atoms with Gasteiger partial charge in [0.15, 0.2) is 0 Å². The van der Waals surface area contributed by atoms with Gasteiger partial charge in [0.25, 0.3) is 0 Å². The highest BCUT2D eigenvalue weighted by molar-refractivity contribution is 5.76. The third-order valence-electron chi connectivity index (χ3n) is 5.42. The highest BCUT2D eigenvalue weighted by Gasteiger charge is 2.26. The lowest BCUT2D eigenvalue weighted by atomic mass is 9.84. The van der Waals surface area contributed by atoms with E-state index in [0.717, 1.165) is 57.0 Å². The predicted molar refractivity (Wildman–Crippen MR) is 83.3 cm³/mol. The molecular weight excluding hydrogens is 248 g/mol. The van der Waals surface area contributed by atoms with Crippen LogP contribution in [0.25, 0.3) is 0 Å². The van der Waals surface area contributed by atoms with E-state index in [-0.39, 0.29) is 0 Å². The highest BCUT2D eigenvalue weighted by atomic mass is 16.2. The topological polar surface area (TPSA) is 46.3 Å². The van der Waals surface area contributed by atoms with Crippen LogP contribution in [0.1, 0.15) is 65.2 Å².